The lowest BCUT2D eigenvalue weighted by molar-refractivity contribution is 0.0853. The van der Waals surface area contributed by atoms with Crippen molar-refractivity contribution in [2.24, 2.45) is 0 Å². The Morgan fingerprint density at radius 3 is 2.78 bits per heavy atom. The Morgan fingerprint density at radius 1 is 1.61 bits per heavy atom. The minimum atomic E-state index is -0.789. The molecular weight excluding hydrogens is 232 g/mol. The summed E-state index contributed by atoms with van der Waals surface area (Å²) in [6.45, 7) is 3.29. The van der Waals surface area contributed by atoms with Crippen molar-refractivity contribution in [3.8, 4) is 6.07 Å². The van der Waals surface area contributed by atoms with Crippen molar-refractivity contribution >= 4 is 5.91 Å². The Kier molecular flexibility index (Phi) is 3.34. The Balaban J connectivity index is 2.10. The van der Waals surface area contributed by atoms with Gasteiger partial charge in [-0.2, -0.15) is 5.26 Å². The standard InChI is InChI=1S/C12H16N4O2/c1-9-10(18-8-14-9)11(17)15-12(7-13)3-5-16(2)6-4-12/h8H,3-6H2,1-2H3,(H,15,17). The van der Waals surface area contributed by atoms with E-state index in [1.807, 2.05) is 7.05 Å². The van der Waals surface area contributed by atoms with Gasteiger partial charge >= 0.3 is 0 Å². The number of nitrogens with one attached hydrogen (secondary N) is 1. The lowest BCUT2D eigenvalue weighted by Gasteiger charge is -2.35. The summed E-state index contributed by atoms with van der Waals surface area (Å²) in [4.78, 5) is 18.0. The summed E-state index contributed by atoms with van der Waals surface area (Å²) in [6, 6.07) is 2.23. The predicted molar refractivity (Wildman–Crippen MR) is 63.8 cm³/mol. The number of aryl methyl sites for hydroxylation is 1. The molecule has 1 aliphatic rings. The first-order valence-electron chi connectivity index (χ1n) is 5.89. The van der Waals surface area contributed by atoms with Crippen molar-refractivity contribution in [1.29, 1.82) is 5.26 Å². The third-order valence-corrected chi connectivity index (χ3v) is 3.36. The van der Waals surface area contributed by atoms with E-state index in [0.717, 1.165) is 13.1 Å². The van der Waals surface area contributed by atoms with E-state index in [-0.39, 0.29) is 11.7 Å². The molecule has 1 saturated heterocycles. The van der Waals surface area contributed by atoms with Crippen LogP contribution in [0.2, 0.25) is 0 Å². The van der Waals surface area contributed by atoms with E-state index in [9.17, 15) is 10.1 Å². The number of oxazole rings is 1. The molecule has 1 aliphatic heterocycles. The highest BCUT2D eigenvalue weighted by atomic mass is 16.3. The lowest BCUT2D eigenvalue weighted by Crippen LogP contribution is -2.53. The summed E-state index contributed by atoms with van der Waals surface area (Å²) in [6.07, 6.45) is 2.48. The van der Waals surface area contributed by atoms with Crippen LogP contribution in [-0.2, 0) is 0 Å². The second-order valence-electron chi connectivity index (χ2n) is 4.72. The third kappa shape index (κ3) is 2.36. The Morgan fingerprint density at radius 2 is 2.28 bits per heavy atom. The van der Waals surface area contributed by atoms with Crippen LogP contribution in [0.4, 0.5) is 0 Å². The summed E-state index contributed by atoms with van der Waals surface area (Å²) in [5.74, 6) is -0.181. The molecule has 1 fully saturated rings. The molecule has 18 heavy (non-hydrogen) atoms. The van der Waals surface area contributed by atoms with Gasteiger partial charge in [0.05, 0.1) is 11.8 Å². The SMILES string of the molecule is Cc1ncoc1C(=O)NC1(C#N)CCN(C)CC1. The molecular formula is C12H16N4O2. The van der Waals surface area contributed by atoms with Gasteiger partial charge < -0.3 is 14.6 Å². The van der Waals surface area contributed by atoms with Crippen LogP contribution in [0.5, 0.6) is 0 Å². The Bertz CT molecular complexity index is 481. The number of carbonyl (C=O) groups is 1. The fourth-order valence-corrected chi connectivity index (χ4v) is 2.06. The molecule has 6 heteroatoms. The first kappa shape index (κ1) is 12.6. The normalized spacial score (nSPS) is 19.2. The van der Waals surface area contributed by atoms with Gasteiger partial charge in [-0.15, -0.1) is 0 Å². The fourth-order valence-electron chi connectivity index (χ4n) is 2.06. The number of hydrogen-bond acceptors (Lipinski definition) is 5. The fraction of sp³-hybridized carbons (Fsp3) is 0.583. The maximum Gasteiger partial charge on any atom is 0.290 e. The number of amides is 1. The van der Waals surface area contributed by atoms with E-state index >= 15 is 0 Å². The Labute approximate surface area is 106 Å². The van der Waals surface area contributed by atoms with Gasteiger partial charge in [0.15, 0.2) is 6.39 Å². The van der Waals surface area contributed by atoms with E-state index in [0.29, 0.717) is 18.5 Å². The number of aromatic nitrogens is 1. The maximum atomic E-state index is 12.0. The van der Waals surface area contributed by atoms with Crippen molar-refractivity contribution in [2.75, 3.05) is 20.1 Å². The van der Waals surface area contributed by atoms with Gasteiger partial charge in [-0.1, -0.05) is 0 Å². The topological polar surface area (TPSA) is 82.2 Å². The molecule has 0 atom stereocenters. The Hall–Kier alpha value is -1.87. The molecule has 2 heterocycles. The minimum absolute atomic E-state index is 0.184. The number of nitriles is 1. The van der Waals surface area contributed by atoms with Crippen molar-refractivity contribution in [3.05, 3.63) is 17.8 Å². The highest BCUT2D eigenvalue weighted by molar-refractivity contribution is 5.93. The van der Waals surface area contributed by atoms with Crippen molar-refractivity contribution in [1.82, 2.24) is 15.2 Å². The van der Waals surface area contributed by atoms with E-state index in [2.05, 4.69) is 21.3 Å². The molecule has 0 saturated carbocycles. The number of rotatable bonds is 2. The van der Waals surface area contributed by atoms with Crippen LogP contribution in [-0.4, -0.2) is 41.5 Å². The summed E-state index contributed by atoms with van der Waals surface area (Å²) < 4.78 is 5.04. The molecule has 1 N–H and O–H groups in total. The number of hydrogen-bond donors (Lipinski definition) is 1. The number of piperidine rings is 1. The molecule has 0 bridgehead atoms. The van der Waals surface area contributed by atoms with Crippen molar-refractivity contribution in [2.45, 2.75) is 25.3 Å². The summed E-state index contributed by atoms with van der Waals surface area (Å²) >= 11 is 0. The minimum Gasteiger partial charge on any atom is -0.438 e. The van der Waals surface area contributed by atoms with E-state index in [4.69, 9.17) is 4.42 Å². The van der Waals surface area contributed by atoms with Gasteiger partial charge in [-0.05, 0) is 26.8 Å². The first-order valence-corrected chi connectivity index (χ1v) is 5.89. The van der Waals surface area contributed by atoms with Crippen LogP contribution < -0.4 is 5.32 Å². The van der Waals surface area contributed by atoms with Crippen molar-refractivity contribution < 1.29 is 9.21 Å². The quantitative estimate of drug-likeness (QED) is 0.833. The molecule has 6 nitrogen and oxygen atoms in total. The highest BCUT2D eigenvalue weighted by Crippen LogP contribution is 2.21. The molecule has 0 radical (unpaired) electrons. The van der Waals surface area contributed by atoms with Gasteiger partial charge in [-0.25, -0.2) is 4.98 Å². The van der Waals surface area contributed by atoms with Crippen LogP contribution >= 0.6 is 0 Å². The first-order chi connectivity index (χ1) is 8.56. The molecule has 0 spiro atoms. The average molecular weight is 248 g/mol. The smallest absolute Gasteiger partial charge is 0.290 e. The molecule has 96 valence electrons. The number of carbonyl (C=O) groups excluding carboxylic acids is 1. The van der Waals surface area contributed by atoms with Crippen molar-refractivity contribution in [3.63, 3.8) is 0 Å². The second-order valence-corrected chi connectivity index (χ2v) is 4.72. The van der Waals surface area contributed by atoms with E-state index < -0.39 is 5.54 Å². The molecule has 0 aliphatic carbocycles. The number of likely N-dealkylation sites (tertiary alicyclic amines) is 1. The van der Waals surface area contributed by atoms with Gasteiger partial charge in [0, 0.05) is 13.1 Å². The van der Waals surface area contributed by atoms with E-state index in [1.165, 1.54) is 6.39 Å². The lowest BCUT2D eigenvalue weighted by atomic mass is 9.89. The monoisotopic (exact) mass is 248 g/mol. The van der Waals surface area contributed by atoms with Crippen LogP contribution in [0.25, 0.3) is 0 Å². The molecule has 1 aromatic rings. The van der Waals surface area contributed by atoms with Gasteiger partial charge in [0.25, 0.3) is 5.91 Å². The molecule has 0 unspecified atom stereocenters. The van der Waals surface area contributed by atoms with Crippen LogP contribution in [0.3, 0.4) is 0 Å². The highest BCUT2D eigenvalue weighted by Gasteiger charge is 2.36. The predicted octanol–water partition coefficient (Wildman–Crippen LogP) is 0.701. The second kappa shape index (κ2) is 4.78. The van der Waals surface area contributed by atoms with Crippen LogP contribution in [0.15, 0.2) is 10.8 Å². The maximum absolute atomic E-state index is 12.0. The van der Waals surface area contributed by atoms with E-state index in [1.54, 1.807) is 6.92 Å². The summed E-state index contributed by atoms with van der Waals surface area (Å²) in [5, 5.41) is 12.1. The number of nitrogens with zero attached hydrogens (tertiary/aromatic N) is 3. The largest absolute Gasteiger partial charge is 0.438 e. The van der Waals surface area contributed by atoms with Gasteiger partial charge in [0.2, 0.25) is 5.76 Å². The van der Waals surface area contributed by atoms with Gasteiger partial charge in [-0.3, -0.25) is 4.79 Å². The average Bonchev–Trinajstić information content (AvgIpc) is 2.79. The third-order valence-electron chi connectivity index (χ3n) is 3.36. The molecule has 1 aromatic heterocycles. The molecule has 1 amide bonds. The zero-order valence-corrected chi connectivity index (χ0v) is 10.6. The van der Waals surface area contributed by atoms with Crippen LogP contribution in [0, 0.1) is 18.3 Å². The molecule has 2 rings (SSSR count). The zero-order chi connectivity index (χ0) is 13.2. The molecule has 0 aromatic carbocycles. The summed E-state index contributed by atoms with van der Waals surface area (Å²) in [5.41, 5.74) is -0.253. The van der Waals surface area contributed by atoms with Crippen LogP contribution in [0.1, 0.15) is 29.1 Å². The van der Waals surface area contributed by atoms with Gasteiger partial charge in [0.1, 0.15) is 5.54 Å². The summed E-state index contributed by atoms with van der Waals surface area (Å²) in [7, 11) is 2.00. The zero-order valence-electron chi connectivity index (χ0n) is 10.6.